The van der Waals surface area contributed by atoms with E-state index in [4.69, 9.17) is 21.1 Å². The summed E-state index contributed by atoms with van der Waals surface area (Å²) in [6.45, 7) is 0. The Bertz CT molecular complexity index is 616. The zero-order valence-corrected chi connectivity index (χ0v) is 12.3. The van der Waals surface area contributed by atoms with Crippen LogP contribution >= 0.6 is 11.6 Å². The Morgan fingerprint density at radius 2 is 2.20 bits per heavy atom. The highest BCUT2D eigenvalue weighted by Gasteiger charge is 2.29. The summed E-state index contributed by atoms with van der Waals surface area (Å²) < 4.78 is 12.8. The second-order valence-corrected chi connectivity index (χ2v) is 5.18. The molecule has 0 N–H and O–H groups in total. The lowest BCUT2D eigenvalue weighted by molar-refractivity contribution is 0.106. The molecule has 108 valence electrons. The quantitative estimate of drug-likeness (QED) is 0.810. The maximum absolute atomic E-state index is 6.04. The van der Waals surface area contributed by atoms with E-state index in [9.17, 15) is 0 Å². The van der Waals surface area contributed by atoms with Gasteiger partial charge in [-0.2, -0.15) is 4.98 Å². The van der Waals surface area contributed by atoms with Gasteiger partial charge in [0.05, 0.1) is 19.1 Å². The third-order valence-electron chi connectivity index (χ3n) is 3.88. The number of hydrogen-bond acceptors (Lipinski definition) is 5. The average Bonchev–Trinajstić information content (AvgIpc) is 3.09. The van der Waals surface area contributed by atoms with Crippen molar-refractivity contribution in [1.82, 2.24) is 19.5 Å². The van der Waals surface area contributed by atoms with E-state index < -0.39 is 0 Å². The molecule has 3 rings (SSSR count). The van der Waals surface area contributed by atoms with E-state index >= 15 is 0 Å². The van der Waals surface area contributed by atoms with Gasteiger partial charge in [0.15, 0.2) is 11.2 Å². The van der Waals surface area contributed by atoms with E-state index in [-0.39, 0.29) is 0 Å². The number of rotatable bonds is 4. The van der Waals surface area contributed by atoms with E-state index in [0.717, 1.165) is 30.7 Å². The molecule has 2 atom stereocenters. The Morgan fingerprint density at radius 1 is 1.35 bits per heavy atom. The van der Waals surface area contributed by atoms with Crippen LogP contribution in [-0.2, 0) is 10.6 Å². The van der Waals surface area contributed by atoms with Gasteiger partial charge in [-0.3, -0.25) is 0 Å². The standard InChI is InChI=1S/C13H17ClN4O2/c1-19-9-4-3-8(5-9)18-10(6-14)17-11-12(18)15-7-16-13(11)20-2/h7-9H,3-6H2,1-2H3. The summed E-state index contributed by atoms with van der Waals surface area (Å²) in [5, 5.41) is 0. The first kappa shape index (κ1) is 13.6. The molecule has 0 spiro atoms. The van der Waals surface area contributed by atoms with Gasteiger partial charge < -0.3 is 14.0 Å². The van der Waals surface area contributed by atoms with Crippen molar-refractivity contribution in [3.63, 3.8) is 0 Å². The molecule has 20 heavy (non-hydrogen) atoms. The lowest BCUT2D eigenvalue weighted by Crippen LogP contribution is -2.11. The largest absolute Gasteiger partial charge is 0.479 e. The van der Waals surface area contributed by atoms with Crippen LogP contribution in [0.25, 0.3) is 11.2 Å². The van der Waals surface area contributed by atoms with Gasteiger partial charge in [-0.05, 0) is 19.3 Å². The number of methoxy groups -OCH3 is 2. The molecule has 6 nitrogen and oxygen atoms in total. The Hall–Kier alpha value is -1.40. The maximum Gasteiger partial charge on any atom is 0.245 e. The minimum Gasteiger partial charge on any atom is -0.479 e. The molecule has 2 unspecified atom stereocenters. The Kier molecular flexibility index (Phi) is 3.76. The molecule has 2 heterocycles. The van der Waals surface area contributed by atoms with Crippen LogP contribution in [-0.4, -0.2) is 39.8 Å². The van der Waals surface area contributed by atoms with Gasteiger partial charge in [0, 0.05) is 13.2 Å². The number of imidazole rings is 1. The van der Waals surface area contributed by atoms with Crippen molar-refractivity contribution in [2.75, 3.05) is 14.2 Å². The molecule has 0 amide bonds. The first-order chi connectivity index (χ1) is 9.78. The molecular weight excluding hydrogens is 280 g/mol. The zero-order valence-electron chi connectivity index (χ0n) is 11.5. The summed E-state index contributed by atoms with van der Waals surface area (Å²) in [6.07, 6.45) is 4.84. The fourth-order valence-corrected chi connectivity index (χ4v) is 3.12. The van der Waals surface area contributed by atoms with Crippen LogP contribution in [0, 0.1) is 0 Å². The lowest BCUT2D eigenvalue weighted by atomic mass is 10.2. The molecule has 2 aromatic heterocycles. The average molecular weight is 297 g/mol. The number of alkyl halides is 1. The van der Waals surface area contributed by atoms with Crippen molar-refractivity contribution >= 4 is 22.8 Å². The van der Waals surface area contributed by atoms with E-state index in [1.165, 1.54) is 6.33 Å². The van der Waals surface area contributed by atoms with E-state index in [1.807, 2.05) is 0 Å². The molecule has 0 saturated heterocycles. The van der Waals surface area contributed by atoms with Gasteiger partial charge in [-0.15, -0.1) is 11.6 Å². The van der Waals surface area contributed by atoms with Crippen molar-refractivity contribution < 1.29 is 9.47 Å². The highest BCUT2D eigenvalue weighted by atomic mass is 35.5. The van der Waals surface area contributed by atoms with Crippen molar-refractivity contribution in [3.8, 4) is 5.88 Å². The lowest BCUT2D eigenvalue weighted by Gasteiger charge is -2.15. The summed E-state index contributed by atoms with van der Waals surface area (Å²) in [5.74, 6) is 1.64. The van der Waals surface area contributed by atoms with Gasteiger partial charge >= 0.3 is 0 Å². The van der Waals surface area contributed by atoms with Gasteiger partial charge in [0.25, 0.3) is 0 Å². The van der Waals surface area contributed by atoms with Crippen molar-refractivity contribution in [2.24, 2.45) is 0 Å². The third kappa shape index (κ3) is 2.13. The smallest absolute Gasteiger partial charge is 0.245 e. The van der Waals surface area contributed by atoms with Crippen LogP contribution in [0.1, 0.15) is 31.1 Å². The molecule has 1 fully saturated rings. The topological polar surface area (TPSA) is 62.1 Å². The minimum absolute atomic E-state index is 0.296. The SMILES string of the molecule is COc1ncnc2c1nc(CCl)n2C1CCC(OC)C1. The minimum atomic E-state index is 0.296. The van der Waals surface area contributed by atoms with E-state index in [0.29, 0.717) is 29.4 Å². The Balaban J connectivity index is 2.09. The number of hydrogen-bond donors (Lipinski definition) is 0. The first-order valence-corrected chi connectivity index (χ1v) is 7.16. The summed E-state index contributed by atoms with van der Waals surface area (Å²) >= 11 is 6.04. The molecule has 0 bridgehead atoms. The number of ether oxygens (including phenoxy) is 2. The normalized spacial score (nSPS) is 22.6. The molecule has 0 radical (unpaired) electrons. The molecule has 2 aromatic rings. The predicted molar refractivity (Wildman–Crippen MR) is 75.1 cm³/mol. The molecule has 0 aromatic carbocycles. The van der Waals surface area contributed by atoms with Crippen LogP contribution < -0.4 is 4.74 Å². The van der Waals surface area contributed by atoms with E-state index in [2.05, 4.69) is 19.5 Å². The molecule has 0 aliphatic heterocycles. The number of fused-ring (bicyclic) bond motifs is 1. The highest BCUT2D eigenvalue weighted by Crippen LogP contribution is 2.36. The van der Waals surface area contributed by atoms with Gasteiger partial charge in [-0.1, -0.05) is 0 Å². The highest BCUT2D eigenvalue weighted by molar-refractivity contribution is 6.16. The van der Waals surface area contributed by atoms with Crippen LogP contribution in [0.4, 0.5) is 0 Å². The number of nitrogens with zero attached hydrogens (tertiary/aromatic N) is 4. The fourth-order valence-electron chi connectivity index (χ4n) is 2.93. The zero-order chi connectivity index (χ0) is 14.1. The Labute approximate surface area is 122 Å². The van der Waals surface area contributed by atoms with Crippen molar-refractivity contribution in [1.29, 1.82) is 0 Å². The number of halogens is 1. The van der Waals surface area contributed by atoms with Crippen LogP contribution in [0.3, 0.4) is 0 Å². The van der Waals surface area contributed by atoms with Gasteiger partial charge in [0.2, 0.25) is 5.88 Å². The molecule has 7 heteroatoms. The molecule has 1 aliphatic rings. The van der Waals surface area contributed by atoms with Crippen LogP contribution in [0.2, 0.25) is 0 Å². The predicted octanol–water partition coefficient (Wildman–Crippen LogP) is 2.31. The monoisotopic (exact) mass is 296 g/mol. The maximum atomic E-state index is 6.04. The van der Waals surface area contributed by atoms with Gasteiger partial charge in [0.1, 0.15) is 12.2 Å². The molecular formula is C13H17ClN4O2. The summed E-state index contributed by atoms with van der Waals surface area (Å²) in [4.78, 5) is 13.0. The second-order valence-electron chi connectivity index (χ2n) is 4.91. The Morgan fingerprint density at radius 3 is 2.85 bits per heavy atom. The number of aromatic nitrogens is 4. The fraction of sp³-hybridized carbons (Fsp3) is 0.615. The van der Waals surface area contributed by atoms with Crippen LogP contribution in [0.15, 0.2) is 6.33 Å². The summed E-state index contributed by atoms with van der Waals surface area (Å²) in [6, 6.07) is 0.318. The van der Waals surface area contributed by atoms with Crippen molar-refractivity contribution in [2.45, 2.75) is 37.3 Å². The summed E-state index contributed by atoms with van der Waals surface area (Å²) in [7, 11) is 3.34. The van der Waals surface area contributed by atoms with Crippen LogP contribution in [0.5, 0.6) is 5.88 Å². The summed E-state index contributed by atoms with van der Waals surface area (Å²) in [5.41, 5.74) is 1.46. The molecule has 1 saturated carbocycles. The first-order valence-electron chi connectivity index (χ1n) is 6.63. The van der Waals surface area contributed by atoms with E-state index in [1.54, 1.807) is 14.2 Å². The second kappa shape index (κ2) is 5.54. The van der Waals surface area contributed by atoms with Crippen molar-refractivity contribution in [3.05, 3.63) is 12.2 Å². The molecule has 1 aliphatic carbocycles. The van der Waals surface area contributed by atoms with Gasteiger partial charge in [-0.25, -0.2) is 9.97 Å². The third-order valence-corrected chi connectivity index (χ3v) is 4.12.